The van der Waals surface area contributed by atoms with Crippen LogP contribution in [-0.2, 0) is 13.6 Å². The molecule has 0 N–H and O–H groups in total. The quantitative estimate of drug-likeness (QED) is 0.490. The number of carbonyl (C=O) groups excluding carboxylic acids is 1. The topological polar surface area (TPSA) is 35.5 Å². The van der Waals surface area contributed by atoms with Crippen LogP contribution in [0.3, 0.4) is 0 Å². The maximum absolute atomic E-state index is 10.7. The fourth-order valence-corrected chi connectivity index (χ4v) is 2.03. The second-order valence-corrected chi connectivity index (χ2v) is 5.55. The van der Waals surface area contributed by atoms with Crippen LogP contribution < -0.4 is 0 Å². The molecule has 0 spiro atoms. The van der Waals surface area contributed by atoms with Gasteiger partial charge in [0.15, 0.2) is 0 Å². The molecule has 0 saturated heterocycles. The van der Waals surface area contributed by atoms with Crippen molar-refractivity contribution in [3.8, 4) is 0 Å². The molecule has 0 rings (SSSR count). The van der Waals surface area contributed by atoms with Crippen LogP contribution in [0.4, 0.5) is 0 Å². The van der Waals surface area contributed by atoms with Crippen molar-refractivity contribution in [2.24, 2.45) is 0 Å². The average Bonchev–Trinajstić information content (AvgIpc) is 2.02. The molecule has 0 aliphatic rings. The van der Waals surface area contributed by atoms with E-state index in [1.54, 1.807) is 0 Å². The summed E-state index contributed by atoms with van der Waals surface area (Å²) in [6.07, 6.45) is 2.13. The second-order valence-electron chi connectivity index (χ2n) is 3.27. The van der Waals surface area contributed by atoms with Crippen LogP contribution in [0.5, 0.6) is 0 Å². The highest BCUT2D eigenvalue weighted by Crippen LogP contribution is 2.10. The number of carbonyl (C=O) groups is 1. The summed E-state index contributed by atoms with van der Waals surface area (Å²) in [6, 6.07) is 0. The van der Waals surface area contributed by atoms with Gasteiger partial charge in [0.1, 0.15) is 0 Å². The first-order valence-corrected chi connectivity index (χ1v) is 6.15. The van der Waals surface area contributed by atoms with Gasteiger partial charge in [0.05, 0.1) is 0 Å². The molecule has 0 aromatic carbocycles. The third-order valence-corrected chi connectivity index (χ3v) is 3.38. The standard InChI is InChI=1S/C9H19O3Si/c1-5-6-7-11-13(8(2)3)12-9(4)10/h8H,5-7H2,1-4H3. The predicted octanol–water partition coefficient (Wildman–Crippen LogP) is 2.26. The zero-order valence-corrected chi connectivity index (χ0v) is 9.92. The normalized spacial score (nSPS) is 10.9. The smallest absolute Gasteiger partial charge is 0.462 e. The van der Waals surface area contributed by atoms with E-state index in [2.05, 4.69) is 6.92 Å². The van der Waals surface area contributed by atoms with Gasteiger partial charge in [-0.25, -0.2) is 0 Å². The van der Waals surface area contributed by atoms with Crippen molar-refractivity contribution in [3.63, 3.8) is 0 Å². The molecule has 0 bridgehead atoms. The van der Waals surface area contributed by atoms with Crippen molar-refractivity contribution in [1.29, 1.82) is 0 Å². The van der Waals surface area contributed by atoms with Crippen molar-refractivity contribution in [1.82, 2.24) is 0 Å². The van der Waals surface area contributed by atoms with E-state index >= 15 is 0 Å². The summed E-state index contributed by atoms with van der Waals surface area (Å²) in [7, 11) is -1.38. The van der Waals surface area contributed by atoms with E-state index in [1.165, 1.54) is 6.92 Å². The van der Waals surface area contributed by atoms with E-state index in [0.29, 0.717) is 12.1 Å². The fraction of sp³-hybridized carbons (Fsp3) is 0.889. The highest BCUT2D eigenvalue weighted by atomic mass is 28.3. The van der Waals surface area contributed by atoms with Gasteiger partial charge in [-0.3, -0.25) is 4.79 Å². The molecule has 0 aromatic rings. The van der Waals surface area contributed by atoms with Crippen LogP contribution >= 0.6 is 0 Å². The number of rotatable bonds is 6. The Morgan fingerprint density at radius 1 is 1.46 bits per heavy atom. The molecule has 13 heavy (non-hydrogen) atoms. The molecule has 0 heterocycles. The van der Waals surface area contributed by atoms with Crippen molar-refractivity contribution >= 4 is 15.3 Å². The Hall–Kier alpha value is -0.353. The Morgan fingerprint density at radius 2 is 2.08 bits per heavy atom. The summed E-state index contributed by atoms with van der Waals surface area (Å²) in [4.78, 5) is 10.7. The zero-order valence-electron chi connectivity index (χ0n) is 8.92. The minimum Gasteiger partial charge on any atom is -0.492 e. The lowest BCUT2D eigenvalue weighted by Gasteiger charge is -2.16. The molecule has 0 unspecified atom stereocenters. The first-order chi connectivity index (χ1) is 6.07. The SMILES string of the molecule is CCCCO[Si](OC(C)=O)C(C)C. The van der Waals surface area contributed by atoms with Gasteiger partial charge in [-0.2, -0.15) is 0 Å². The van der Waals surface area contributed by atoms with Crippen LogP contribution in [-0.4, -0.2) is 21.9 Å². The van der Waals surface area contributed by atoms with Gasteiger partial charge in [0.25, 0.3) is 5.97 Å². The molecule has 0 fully saturated rings. The molecule has 0 aliphatic heterocycles. The third-order valence-electron chi connectivity index (χ3n) is 1.46. The summed E-state index contributed by atoms with van der Waals surface area (Å²) in [6.45, 7) is 8.27. The van der Waals surface area contributed by atoms with Crippen molar-refractivity contribution < 1.29 is 13.6 Å². The molecular weight excluding hydrogens is 184 g/mol. The minimum absolute atomic E-state index is 0.237. The molecule has 77 valence electrons. The van der Waals surface area contributed by atoms with Gasteiger partial charge in [-0.15, -0.1) is 0 Å². The molecule has 0 atom stereocenters. The Balaban J connectivity index is 3.74. The maximum Gasteiger partial charge on any atom is 0.462 e. The monoisotopic (exact) mass is 203 g/mol. The van der Waals surface area contributed by atoms with Crippen molar-refractivity contribution in [3.05, 3.63) is 0 Å². The summed E-state index contributed by atoms with van der Waals surface area (Å²) in [5, 5.41) is 0. The zero-order chi connectivity index (χ0) is 10.3. The molecule has 3 nitrogen and oxygen atoms in total. The highest BCUT2D eigenvalue weighted by molar-refractivity contribution is 6.48. The van der Waals surface area contributed by atoms with Gasteiger partial charge in [-0.1, -0.05) is 27.2 Å². The molecule has 0 amide bonds. The lowest BCUT2D eigenvalue weighted by atomic mass is 10.4. The van der Waals surface area contributed by atoms with E-state index in [0.717, 1.165) is 12.8 Å². The Bertz CT molecular complexity index is 148. The van der Waals surface area contributed by atoms with Crippen molar-refractivity contribution in [2.75, 3.05) is 6.61 Å². The Morgan fingerprint density at radius 3 is 2.46 bits per heavy atom. The van der Waals surface area contributed by atoms with E-state index < -0.39 is 9.28 Å². The number of hydrogen-bond acceptors (Lipinski definition) is 3. The first kappa shape index (κ1) is 12.6. The maximum atomic E-state index is 10.7. The number of unbranched alkanes of at least 4 members (excludes halogenated alkanes) is 1. The van der Waals surface area contributed by atoms with Crippen LogP contribution in [0.15, 0.2) is 0 Å². The van der Waals surface area contributed by atoms with Crippen LogP contribution in [0.2, 0.25) is 5.54 Å². The first-order valence-electron chi connectivity index (χ1n) is 4.76. The summed E-state index contributed by atoms with van der Waals surface area (Å²) in [5.41, 5.74) is 0.311. The van der Waals surface area contributed by atoms with Crippen LogP contribution in [0.25, 0.3) is 0 Å². The van der Waals surface area contributed by atoms with Crippen molar-refractivity contribution in [2.45, 2.75) is 46.1 Å². The summed E-state index contributed by atoms with van der Waals surface area (Å²) < 4.78 is 10.6. The van der Waals surface area contributed by atoms with Gasteiger partial charge >= 0.3 is 9.28 Å². The lowest BCUT2D eigenvalue weighted by Crippen LogP contribution is -2.28. The molecule has 0 aliphatic carbocycles. The Labute approximate surface area is 82.3 Å². The minimum atomic E-state index is -1.38. The molecule has 4 heteroatoms. The van der Waals surface area contributed by atoms with Crippen LogP contribution in [0.1, 0.15) is 40.5 Å². The van der Waals surface area contributed by atoms with Gasteiger partial charge < -0.3 is 8.85 Å². The van der Waals surface area contributed by atoms with E-state index in [9.17, 15) is 4.79 Å². The van der Waals surface area contributed by atoms with Gasteiger partial charge in [0.2, 0.25) is 0 Å². The number of hydrogen-bond donors (Lipinski definition) is 0. The highest BCUT2D eigenvalue weighted by Gasteiger charge is 2.23. The lowest BCUT2D eigenvalue weighted by molar-refractivity contribution is -0.133. The third kappa shape index (κ3) is 6.78. The van der Waals surface area contributed by atoms with E-state index in [4.69, 9.17) is 8.85 Å². The second kappa shape index (κ2) is 7.09. The molecule has 1 radical (unpaired) electrons. The van der Waals surface area contributed by atoms with E-state index in [-0.39, 0.29) is 5.97 Å². The van der Waals surface area contributed by atoms with Gasteiger partial charge in [-0.05, 0) is 6.42 Å². The van der Waals surface area contributed by atoms with E-state index in [1.807, 2.05) is 13.8 Å². The fourth-order valence-electron chi connectivity index (χ4n) is 0.773. The summed E-state index contributed by atoms with van der Waals surface area (Å²) >= 11 is 0. The molecule has 0 aromatic heterocycles. The van der Waals surface area contributed by atoms with Gasteiger partial charge in [0, 0.05) is 19.1 Å². The average molecular weight is 203 g/mol. The largest absolute Gasteiger partial charge is 0.492 e. The predicted molar refractivity (Wildman–Crippen MR) is 53.5 cm³/mol. The van der Waals surface area contributed by atoms with Crippen LogP contribution in [0, 0.1) is 0 Å². The Kier molecular flexibility index (Phi) is 6.90. The molecular formula is C9H19O3Si. The summed E-state index contributed by atoms with van der Waals surface area (Å²) in [5.74, 6) is -0.237. The molecule has 0 saturated carbocycles.